The molecule has 0 atom stereocenters. The third kappa shape index (κ3) is 1.47. The predicted molar refractivity (Wildman–Crippen MR) is 50.1 cm³/mol. The van der Waals surface area contributed by atoms with Crippen molar-refractivity contribution < 1.29 is 9.47 Å². The minimum Gasteiger partial charge on any atom is -0.454 e. The van der Waals surface area contributed by atoms with Gasteiger partial charge in [-0.05, 0) is 37.1 Å². The molecular weight excluding hydrogens is 166 g/mol. The number of ether oxygens (including phenoxy) is 2. The molecule has 1 aliphatic heterocycles. The maximum absolute atomic E-state index is 5.51. The van der Waals surface area contributed by atoms with E-state index in [0.29, 0.717) is 13.3 Å². The van der Waals surface area contributed by atoms with Gasteiger partial charge in [0.15, 0.2) is 11.5 Å². The van der Waals surface area contributed by atoms with Crippen LogP contribution in [-0.4, -0.2) is 13.3 Å². The van der Waals surface area contributed by atoms with Crippen LogP contribution in [0.3, 0.4) is 0 Å². The molecule has 0 saturated carbocycles. The van der Waals surface area contributed by atoms with Gasteiger partial charge in [0.2, 0.25) is 6.79 Å². The topological polar surface area (TPSA) is 44.5 Å². The molecule has 13 heavy (non-hydrogen) atoms. The number of benzene rings is 1. The standard InChI is InChI=1S/C10H13NO2/c1-7-4-8(2-3-11)10-9(5-7)12-6-13-10/h4-5H,2-3,6,11H2,1H3. The molecule has 1 aliphatic rings. The molecule has 70 valence electrons. The second-order valence-electron chi connectivity index (χ2n) is 3.20. The zero-order valence-corrected chi connectivity index (χ0v) is 7.67. The summed E-state index contributed by atoms with van der Waals surface area (Å²) in [5.41, 5.74) is 7.84. The van der Waals surface area contributed by atoms with Gasteiger partial charge in [0.25, 0.3) is 0 Å². The van der Waals surface area contributed by atoms with Crippen LogP contribution in [0, 0.1) is 6.92 Å². The van der Waals surface area contributed by atoms with Crippen molar-refractivity contribution in [1.29, 1.82) is 0 Å². The molecule has 2 N–H and O–H groups in total. The average molecular weight is 179 g/mol. The van der Waals surface area contributed by atoms with Gasteiger partial charge >= 0.3 is 0 Å². The van der Waals surface area contributed by atoms with E-state index in [0.717, 1.165) is 23.5 Å². The fourth-order valence-electron chi connectivity index (χ4n) is 1.58. The lowest BCUT2D eigenvalue weighted by Gasteiger charge is -2.05. The van der Waals surface area contributed by atoms with E-state index in [1.54, 1.807) is 0 Å². The van der Waals surface area contributed by atoms with Crippen LogP contribution in [0.4, 0.5) is 0 Å². The molecule has 2 rings (SSSR count). The Kier molecular flexibility index (Phi) is 2.10. The van der Waals surface area contributed by atoms with Crippen molar-refractivity contribution in [3.8, 4) is 11.5 Å². The molecule has 0 fully saturated rings. The Balaban J connectivity index is 2.43. The molecule has 0 aliphatic carbocycles. The van der Waals surface area contributed by atoms with E-state index in [1.807, 2.05) is 13.0 Å². The maximum Gasteiger partial charge on any atom is 0.231 e. The second-order valence-corrected chi connectivity index (χ2v) is 3.20. The second kappa shape index (κ2) is 3.26. The number of fused-ring (bicyclic) bond motifs is 1. The van der Waals surface area contributed by atoms with E-state index in [4.69, 9.17) is 15.2 Å². The SMILES string of the molecule is Cc1cc(CCN)c2c(c1)OCO2. The van der Waals surface area contributed by atoms with Crippen LogP contribution in [0.1, 0.15) is 11.1 Å². The van der Waals surface area contributed by atoms with Crippen molar-refractivity contribution in [2.75, 3.05) is 13.3 Å². The summed E-state index contributed by atoms with van der Waals surface area (Å²) >= 11 is 0. The third-order valence-corrected chi connectivity index (χ3v) is 2.11. The maximum atomic E-state index is 5.51. The first-order valence-electron chi connectivity index (χ1n) is 4.40. The van der Waals surface area contributed by atoms with Gasteiger partial charge in [-0.15, -0.1) is 0 Å². The van der Waals surface area contributed by atoms with Crippen molar-refractivity contribution in [2.45, 2.75) is 13.3 Å². The molecule has 0 aromatic heterocycles. The van der Waals surface area contributed by atoms with Crippen LogP contribution >= 0.6 is 0 Å². The third-order valence-electron chi connectivity index (χ3n) is 2.11. The van der Waals surface area contributed by atoms with Gasteiger partial charge in [-0.1, -0.05) is 6.07 Å². The monoisotopic (exact) mass is 179 g/mol. The molecule has 3 heteroatoms. The fraction of sp³-hybridized carbons (Fsp3) is 0.400. The minimum atomic E-state index is 0.330. The van der Waals surface area contributed by atoms with E-state index < -0.39 is 0 Å². The first-order valence-corrected chi connectivity index (χ1v) is 4.40. The van der Waals surface area contributed by atoms with E-state index in [-0.39, 0.29) is 0 Å². The lowest BCUT2D eigenvalue weighted by molar-refractivity contribution is 0.173. The Morgan fingerprint density at radius 3 is 3.00 bits per heavy atom. The number of rotatable bonds is 2. The van der Waals surface area contributed by atoms with E-state index in [2.05, 4.69) is 6.07 Å². The average Bonchev–Trinajstić information content (AvgIpc) is 2.52. The van der Waals surface area contributed by atoms with Crippen molar-refractivity contribution >= 4 is 0 Å². The molecule has 0 spiro atoms. The number of hydrogen-bond acceptors (Lipinski definition) is 3. The van der Waals surface area contributed by atoms with Gasteiger partial charge in [0.05, 0.1) is 0 Å². The quantitative estimate of drug-likeness (QED) is 0.742. The summed E-state index contributed by atoms with van der Waals surface area (Å²) in [4.78, 5) is 0. The molecule has 3 nitrogen and oxygen atoms in total. The summed E-state index contributed by atoms with van der Waals surface area (Å²) in [6.45, 7) is 3.01. The summed E-state index contributed by atoms with van der Waals surface area (Å²) < 4.78 is 10.7. The van der Waals surface area contributed by atoms with Gasteiger partial charge < -0.3 is 15.2 Å². The molecule has 1 aromatic carbocycles. The first-order chi connectivity index (χ1) is 6.31. The van der Waals surface area contributed by atoms with Gasteiger partial charge in [-0.25, -0.2) is 0 Å². The molecule has 0 saturated heterocycles. The van der Waals surface area contributed by atoms with Crippen LogP contribution in [0.5, 0.6) is 11.5 Å². The Morgan fingerprint density at radius 2 is 2.23 bits per heavy atom. The zero-order chi connectivity index (χ0) is 9.26. The lowest BCUT2D eigenvalue weighted by Crippen LogP contribution is -2.04. The summed E-state index contributed by atoms with van der Waals surface area (Å²) in [6.07, 6.45) is 0.841. The first kappa shape index (κ1) is 8.38. The van der Waals surface area contributed by atoms with Crippen molar-refractivity contribution in [2.24, 2.45) is 5.73 Å². The van der Waals surface area contributed by atoms with Crippen LogP contribution < -0.4 is 15.2 Å². The summed E-state index contributed by atoms with van der Waals surface area (Å²) in [6, 6.07) is 4.09. The summed E-state index contributed by atoms with van der Waals surface area (Å²) in [5.74, 6) is 1.72. The predicted octanol–water partition coefficient (Wildman–Crippen LogP) is 1.22. The Hall–Kier alpha value is -1.22. The Morgan fingerprint density at radius 1 is 1.38 bits per heavy atom. The highest BCUT2D eigenvalue weighted by atomic mass is 16.7. The molecular formula is C10H13NO2. The molecule has 1 aromatic rings. The largest absolute Gasteiger partial charge is 0.454 e. The molecule has 0 bridgehead atoms. The van der Waals surface area contributed by atoms with Gasteiger partial charge in [-0.2, -0.15) is 0 Å². The van der Waals surface area contributed by atoms with Crippen molar-refractivity contribution in [1.82, 2.24) is 0 Å². The molecule has 1 heterocycles. The molecule has 0 amide bonds. The minimum absolute atomic E-state index is 0.330. The smallest absolute Gasteiger partial charge is 0.231 e. The van der Waals surface area contributed by atoms with Crippen LogP contribution in [-0.2, 0) is 6.42 Å². The Labute approximate surface area is 77.5 Å². The van der Waals surface area contributed by atoms with Crippen LogP contribution in [0.25, 0.3) is 0 Å². The highest BCUT2D eigenvalue weighted by Crippen LogP contribution is 2.36. The highest BCUT2D eigenvalue weighted by Gasteiger charge is 2.17. The van der Waals surface area contributed by atoms with Crippen LogP contribution in [0.15, 0.2) is 12.1 Å². The Bertz CT molecular complexity index is 323. The highest BCUT2D eigenvalue weighted by molar-refractivity contribution is 5.50. The number of aryl methyl sites for hydroxylation is 1. The molecule has 0 radical (unpaired) electrons. The van der Waals surface area contributed by atoms with Gasteiger partial charge in [-0.3, -0.25) is 0 Å². The lowest BCUT2D eigenvalue weighted by atomic mass is 10.1. The van der Waals surface area contributed by atoms with Gasteiger partial charge in [0, 0.05) is 0 Å². The van der Waals surface area contributed by atoms with Crippen molar-refractivity contribution in [3.05, 3.63) is 23.3 Å². The van der Waals surface area contributed by atoms with E-state index in [9.17, 15) is 0 Å². The normalized spacial score (nSPS) is 13.4. The van der Waals surface area contributed by atoms with Crippen molar-refractivity contribution in [3.63, 3.8) is 0 Å². The van der Waals surface area contributed by atoms with E-state index >= 15 is 0 Å². The summed E-state index contributed by atoms with van der Waals surface area (Å²) in [7, 11) is 0. The van der Waals surface area contributed by atoms with Gasteiger partial charge in [0.1, 0.15) is 0 Å². The molecule has 0 unspecified atom stereocenters. The number of nitrogens with two attached hydrogens (primary N) is 1. The summed E-state index contributed by atoms with van der Waals surface area (Å²) in [5, 5.41) is 0. The fourth-order valence-corrected chi connectivity index (χ4v) is 1.58. The van der Waals surface area contributed by atoms with Crippen LogP contribution in [0.2, 0.25) is 0 Å². The zero-order valence-electron chi connectivity index (χ0n) is 7.67. The number of hydrogen-bond donors (Lipinski definition) is 1. The van der Waals surface area contributed by atoms with E-state index in [1.165, 1.54) is 5.56 Å².